The SMILES string of the molecule is CNC1CCN(C(=O)c2ccc(Br)s2)C1.Cl. The van der Waals surface area contributed by atoms with E-state index >= 15 is 0 Å². The summed E-state index contributed by atoms with van der Waals surface area (Å²) in [6, 6.07) is 4.25. The van der Waals surface area contributed by atoms with Crippen molar-refractivity contribution in [2.75, 3.05) is 20.1 Å². The Hall–Kier alpha value is -0.100. The normalized spacial score (nSPS) is 19.6. The van der Waals surface area contributed by atoms with Crippen molar-refractivity contribution in [3.63, 3.8) is 0 Å². The fourth-order valence-electron chi connectivity index (χ4n) is 1.77. The number of nitrogens with zero attached hydrogens (tertiary/aromatic N) is 1. The van der Waals surface area contributed by atoms with E-state index in [1.165, 1.54) is 11.3 Å². The fraction of sp³-hybridized carbons (Fsp3) is 0.500. The maximum atomic E-state index is 12.0. The molecule has 0 spiro atoms. The molecular formula is C10H14BrClN2OS. The number of nitrogens with one attached hydrogen (secondary N) is 1. The minimum Gasteiger partial charge on any atom is -0.336 e. The maximum Gasteiger partial charge on any atom is 0.264 e. The van der Waals surface area contributed by atoms with Crippen molar-refractivity contribution < 1.29 is 4.79 Å². The zero-order valence-corrected chi connectivity index (χ0v) is 12.1. The van der Waals surface area contributed by atoms with Crippen molar-refractivity contribution in [1.29, 1.82) is 0 Å². The molecule has 2 rings (SSSR count). The molecule has 6 heteroatoms. The molecule has 1 amide bonds. The molecule has 16 heavy (non-hydrogen) atoms. The highest BCUT2D eigenvalue weighted by Crippen LogP contribution is 2.24. The molecule has 1 aromatic heterocycles. The third-order valence-electron chi connectivity index (χ3n) is 2.67. The minimum absolute atomic E-state index is 0. The number of hydrogen-bond acceptors (Lipinski definition) is 3. The Labute approximate surface area is 114 Å². The number of carbonyl (C=O) groups excluding carboxylic acids is 1. The summed E-state index contributed by atoms with van der Waals surface area (Å²) in [5, 5.41) is 3.21. The molecule has 0 radical (unpaired) electrons. The van der Waals surface area contributed by atoms with Gasteiger partial charge in [0.05, 0.1) is 8.66 Å². The standard InChI is InChI=1S/C10H13BrN2OS.ClH/c1-12-7-4-5-13(6-7)10(14)8-2-3-9(11)15-8;/h2-3,7,12H,4-6H2,1H3;1H. The van der Waals surface area contributed by atoms with Crippen LogP contribution in [0.25, 0.3) is 0 Å². The average molecular weight is 326 g/mol. The van der Waals surface area contributed by atoms with Gasteiger partial charge in [-0.2, -0.15) is 0 Å². The molecule has 2 heterocycles. The first-order valence-electron chi connectivity index (χ1n) is 4.92. The number of rotatable bonds is 2. The van der Waals surface area contributed by atoms with Gasteiger partial charge in [0.15, 0.2) is 0 Å². The van der Waals surface area contributed by atoms with Crippen LogP contribution in [0.5, 0.6) is 0 Å². The van der Waals surface area contributed by atoms with Gasteiger partial charge in [0.1, 0.15) is 0 Å². The van der Waals surface area contributed by atoms with E-state index in [0.717, 1.165) is 28.2 Å². The Bertz CT molecular complexity index is 371. The first-order chi connectivity index (χ1) is 7.20. The second-order valence-electron chi connectivity index (χ2n) is 3.63. The lowest BCUT2D eigenvalue weighted by Crippen LogP contribution is -2.33. The highest BCUT2D eigenvalue weighted by molar-refractivity contribution is 9.11. The van der Waals surface area contributed by atoms with Gasteiger partial charge in [-0.15, -0.1) is 23.7 Å². The molecule has 1 unspecified atom stereocenters. The van der Waals surface area contributed by atoms with Gasteiger partial charge >= 0.3 is 0 Å². The molecule has 1 aromatic rings. The second kappa shape index (κ2) is 6.00. The lowest BCUT2D eigenvalue weighted by molar-refractivity contribution is 0.0794. The molecular weight excluding hydrogens is 312 g/mol. The van der Waals surface area contributed by atoms with Crippen LogP contribution in [0, 0.1) is 0 Å². The lowest BCUT2D eigenvalue weighted by Gasteiger charge is -2.15. The number of likely N-dealkylation sites (tertiary alicyclic amines) is 1. The summed E-state index contributed by atoms with van der Waals surface area (Å²) in [5.41, 5.74) is 0. The summed E-state index contributed by atoms with van der Waals surface area (Å²) < 4.78 is 1.01. The van der Waals surface area contributed by atoms with Crippen LogP contribution in [-0.4, -0.2) is 37.0 Å². The van der Waals surface area contributed by atoms with Crippen LogP contribution < -0.4 is 5.32 Å². The third-order valence-corrected chi connectivity index (χ3v) is 4.28. The third kappa shape index (κ3) is 2.97. The molecule has 0 saturated carbocycles. The van der Waals surface area contributed by atoms with E-state index in [9.17, 15) is 4.79 Å². The predicted octanol–water partition coefficient (Wildman–Crippen LogP) is 2.37. The van der Waals surface area contributed by atoms with Crippen LogP contribution >= 0.6 is 39.7 Å². The van der Waals surface area contributed by atoms with Gasteiger partial charge in [0.2, 0.25) is 0 Å². The first-order valence-corrected chi connectivity index (χ1v) is 6.53. The van der Waals surface area contributed by atoms with Crippen LogP contribution in [0.15, 0.2) is 15.9 Å². The van der Waals surface area contributed by atoms with Gasteiger partial charge in [-0.25, -0.2) is 0 Å². The van der Waals surface area contributed by atoms with E-state index in [1.54, 1.807) is 0 Å². The first kappa shape index (κ1) is 14.0. The average Bonchev–Trinajstić information content (AvgIpc) is 2.84. The van der Waals surface area contributed by atoms with Crippen LogP contribution in [0.1, 0.15) is 16.1 Å². The highest BCUT2D eigenvalue weighted by atomic mass is 79.9. The summed E-state index contributed by atoms with van der Waals surface area (Å²) in [4.78, 5) is 14.7. The Kier molecular flexibility index (Phi) is 5.24. The highest BCUT2D eigenvalue weighted by Gasteiger charge is 2.26. The zero-order valence-electron chi connectivity index (χ0n) is 8.90. The van der Waals surface area contributed by atoms with E-state index in [1.807, 2.05) is 24.1 Å². The molecule has 90 valence electrons. The smallest absolute Gasteiger partial charge is 0.264 e. The molecule has 1 aliphatic heterocycles. The maximum absolute atomic E-state index is 12.0. The van der Waals surface area contributed by atoms with Crippen molar-refractivity contribution in [2.45, 2.75) is 12.5 Å². The number of hydrogen-bond donors (Lipinski definition) is 1. The van der Waals surface area contributed by atoms with E-state index in [0.29, 0.717) is 6.04 Å². The van der Waals surface area contributed by atoms with E-state index in [-0.39, 0.29) is 18.3 Å². The van der Waals surface area contributed by atoms with Crippen LogP contribution in [-0.2, 0) is 0 Å². The Morgan fingerprint density at radius 2 is 2.38 bits per heavy atom. The Balaban J connectivity index is 0.00000128. The fourth-order valence-corrected chi connectivity index (χ4v) is 3.12. The summed E-state index contributed by atoms with van der Waals surface area (Å²) in [7, 11) is 1.94. The number of halogens is 2. The summed E-state index contributed by atoms with van der Waals surface area (Å²) >= 11 is 4.87. The van der Waals surface area contributed by atoms with Crippen molar-refractivity contribution in [2.24, 2.45) is 0 Å². The van der Waals surface area contributed by atoms with Crippen molar-refractivity contribution in [3.05, 3.63) is 20.8 Å². The Morgan fingerprint density at radius 3 is 2.88 bits per heavy atom. The quantitative estimate of drug-likeness (QED) is 0.905. The van der Waals surface area contributed by atoms with Crippen molar-refractivity contribution in [1.82, 2.24) is 10.2 Å². The van der Waals surface area contributed by atoms with E-state index in [4.69, 9.17) is 0 Å². The number of amides is 1. The largest absolute Gasteiger partial charge is 0.336 e. The summed E-state index contributed by atoms with van der Waals surface area (Å²) in [6.07, 6.45) is 1.05. The molecule has 1 aliphatic rings. The summed E-state index contributed by atoms with van der Waals surface area (Å²) in [5.74, 6) is 0.156. The van der Waals surface area contributed by atoms with E-state index in [2.05, 4.69) is 21.2 Å². The Morgan fingerprint density at radius 1 is 1.62 bits per heavy atom. The minimum atomic E-state index is 0. The lowest BCUT2D eigenvalue weighted by atomic mass is 10.3. The molecule has 0 aromatic carbocycles. The molecule has 0 aliphatic carbocycles. The van der Waals surface area contributed by atoms with Crippen LogP contribution in [0.2, 0.25) is 0 Å². The number of likely N-dealkylation sites (N-methyl/N-ethyl adjacent to an activating group) is 1. The molecule has 0 bridgehead atoms. The summed E-state index contributed by atoms with van der Waals surface area (Å²) in [6.45, 7) is 1.69. The zero-order chi connectivity index (χ0) is 10.8. The molecule has 3 nitrogen and oxygen atoms in total. The van der Waals surface area contributed by atoms with Gasteiger partial charge < -0.3 is 10.2 Å². The monoisotopic (exact) mass is 324 g/mol. The molecule has 1 N–H and O–H groups in total. The second-order valence-corrected chi connectivity index (χ2v) is 6.09. The van der Waals surface area contributed by atoms with Gasteiger partial charge in [-0.05, 0) is 41.5 Å². The molecule has 1 saturated heterocycles. The predicted molar refractivity (Wildman–Crippen MR) is 72.6 cm³/mol. The van der Waals surface area contributed by atoms with Crippen LogP contribution in [0.3, 0.4) is 0 Å². The number of thiophene rings is 1. The van der Waals surface area contributed by atoms with Crippen molar-refractivity contribution in [3.8, 4) is 0 Å². The van der Waals surface area contributed by atoms with Gasteiger partial charge in [0.25, 0.3) is 5.91 Å². The molecule has 1 fully saturated rings. The van der Waals surface area contributed by atoms with Crippen molar-refractivity contribution >= 4 is 45.6 Å². The topological polar surface area (TPSA) is 32.3 Å². The van der Waals surface area contributed by atoms with Crippen LogP contribution in [0.4, 0.5) is 0 Å². The van der Waals surface area contributed by atoms with Gasteiger partial charge in [0, 0.05) is 19.1 Å². The van der Waals surface area contributed by atoms with Gasteiger partial charge in [-0.3, -0.25) is 4.79 Å². The van der Waals surface area contributed by atoms with Gasteiger partial charge in [-0.1, -0.05) is 0 Å². The number of carbonyl (C=O) groups is 1. The molecule has 1 atom stereocenters. The van der Waals surface area contributed by atoms with E-state index < -0.39 is 0 Å².